The quantitative estimate of drug-likeness (QED) is 0.373. The molecule has 30 heavy (non-hydrogen) atoms. The van der Waals surface area contributed by atoms with Gasteiger partial charge < -0.3 is 10.6 Å². The topological polar surface area (TPSA) is 100 Å². The Hall–Kier alpha value is -3.14. The number of amides is 2. The molecule has 0 spiro atoms. The molecule has 7 nitrogen and oxygen atoms in total. The first-order valence-corrected chi connectivity index (χ1v) is 11.4. The number of nitrogens with one attached hydrogen (secondary N) is 3. The van der Waals surface area contributed by atoms with E-state index in [0.717, 1.165) is 10.8 Å². The van der Waals surface area contributed by atoms with E-state index in [9.17, 15) is 13.2 Å². The van der Waals surface area contributed by atoms with Crippen molar-refractivity contribution in [3.05, 3.63) is 77.3 Å². The summed E-state index contributed by atoms with van der Waals surface area (Å²) in [5.41, 5.74) is 1.05. The third-order valence-electron chi connectivity index (χ3n) is 4.20. The minimum absolute atomic E-state index is 0.0624. The van der Waals surface area contributed by atoms with Crippen LogP contribution in [-0.4, -0.2) is 19.4 Å². The van der Waals surface area contributed by atoms with Gasteiger partial charge in [-0.15, -0.1) is 11.3 Å². The molecular formula is C20H15ClN4O3S2. The van der Waals surface area contributed by atoms with E-state index in [1.165, 1.54) is 41.8 Å². The number of rotatable bonds is 5. The number of fused-ring (bicyclic) bond motifs is 1. The Morgan fingerprint density at radius 1 is 0.933 bits per heavy atom. The summed E-state index contributed by atoms with van der Waals surface area (Å²) in [6.07, 6.45) is 1.51. The first-order valence-electron chi connectivity index (χ1n) is 8.70. The van der Waals surface area contributed by atoms with Crippen molar-refractivity contribution >= 4 is 66.3 Å². The number of sulfonamides is 1. The van der Waals surface area contributed by atoms with Crippen LogP contribution in [-0.2, 0) is 10.0 Å². The number of hydrogen-bond acceptors (Lipinski definition) is 5. The third-order valence-corrected chi connectivity index (χ3v) is 6.70. The molecule has 0 aliphatic rings. The molecule has 2 amide bonds. The molecule has 0 atom stereocenters. The normalized spacial score (nSPS) is 11.2. The molecule has 0 aliphatic heterocycles. The lowest BCUT2D eigenvalue weighted by atomic mass is 10.1. The van der Waals surface area contributed by atoms with Crippen LogP contribution in [0.2, 0.25) is 5.02 Å². The van der Waals surface area contributed by atoms with E-state index < -0.39 is 16.1 Å². The molecule has 0 bridgehead atoms. The van der Waals surface area contributed by atoms with Gasteiger partial charge in [-0.1, -0.05) is 35.9 Å². The molecular weight excluding hydrogens is 444 g/mol. The Kier molecular flexibility index (Phi) is 5.58. The van der Waals surface area contributed by atoms with Crippen LogP contribution in [0.3, 0.4) is 0 Å². The largest absolute Gasteiger partial charge is 0.323 e. The fraction of sp³-hybridized carbons (Fsp3) is 0. The van der Waals surface area contributed by atoms with Gasteiger partial charge in [0, 0.05) is 33.1 Å². The summed E-state index contributed by atoms with van der Waals surface area (Å²) < 4.78 is 27.1. The summed E-state index contributed by atoms with van der Waals surface area (Å²) in [6, 6.07) is 16.3. The van der Waals surface area contributed by atoms with Crippen molar-refractivity contribution in [1.29, 1.82) is 0 Å². The Bertz CT molecular complexity index is 1310. The van der Waals surface area contributed by atoms with Gasteiger partial charge >= 0.3 is 6.03 Å². The summed E-state index contributed by atoms with van der Waals surface area (Å²) in [6.45, 7) is 0. The van der Waals surface area contributed by atoms with Gasteiger partial charge in [-0.3, -0.25) is 4.72 Å². The predicted molar refractivity (Wildman–Crippen MR) is 121 cm³/mol. The second kappa shape index (κ2) is 8.31. The van der Waals surface area contributed by atoms with Crippen molar-refractivity contribution in [3.63, 3.8) is 0 Å². The predicted octanol–water partition coefficient (Wildman–Crippen LogP) is 5.39. The van der Waals surface area contributed by atoms with Crippen LogP contribution in [0.25, 0.3) is 10.8 Å². The molecule has 4 rings (SSSR count). The molecule has 10 heteroatoms. The van der Waals surface area contributed by atoms with Crippen LogP contribution in [0.5, 0.6) is 0 Å². The molecule has 0 saturated heterocycles. The fourth-order valence-corrected chi connectivity index (χ4v) is 4.84. The minimum atomic E-state index is -3.75. The Labute approximate surface area is 181 Å². The summed E-state index contributed by atoms with van der Waals surface area (Å²) >= 11 is 7.39. The Morgan fingerprint density at radius 2 is 1.67 bits per heavy atom. The number of carbonyl (C=O) groups is 1. The number of nitrogens with zero attached hydrogens (tertiary/aromatic N) is 1. The average Bonchev–Trinajstić information content (AvgIpc) is 3.23. The SMILES string of the molecule is O=C(Nc1ccc(S(=O)(=O)Nc2nccs2)cc1)Nc1ccc(Cl)c2ccccc12. The molecule has 3 aromatic carbocycles. The van der Waals surface area contributed by atoms with Gasteiger partial charge in [0.2, 0.25) is 0 Å². The highest BCUT2D eigenvalue weighted by Crippen LogP contribution is 2.29. The number of hydrogen-bond donors (Lipinski definition) is 3. The van der Waals surface area contributed by atoms with Gasteiger partial charge in [0.05, 0.1) is 10.6 Å². The molecule has 0 radical (unpaired) electrons. The lowest BCUT2D eigenvalue weighted by Gasteiger charge is -2.11. The van der Waals surface area contributed by atoms with Gasteiger partial charge in [-0.2, -0.15) is 0 Å². The summed E-state index contributed by atoms with van der Waals surface area (Å²) in [7, 11) is -3.75. The molecule has 1 heterocycles. The molecule has 0 aliphatic carbocycles. The molecule has 0 saturated carbocycles. The van der Waals surface area contributed by atoms with Crippen molar-refractivity contribution in [3.8, 4) is 0 Å². The second-order valence-electron chi connectivity index (χ2n) is 6.19. The van der Waals surface area contributed by atoms with Crippen LogP contribution >= 0.6 is 22.9 Å². The van der Waals surface area contributed by atoms with Crippen LogP contribution in [0, 0.1) is 0 Å². The van der Waals surface area contributed by atoms with E-state index >= 15 is 0 Å². The zero-order chi connectivity index (χ0) is 21.1. The summed E-state index contributed by atoms with van der Waals surface area (Å²) in [5, 5.41) is 9.68. The maximum absolute atomic E-state index is 12.4. The molecule has 0 fully saturated rings. The average molecular weight is 459 g/mol. The van der Waals surface area contributed by atoms with E-state index in [-0.39, 0.29) is 10.0 Å². The Morgan fingerprint density at radius 3 is 2.37 bits per heavy atom. The highest BCUT2D eigenvalue weighted by Gasteiger charge is 2.15. The highest BCUT2D eigenvalue weighted by molar-refractivity contribution is 7.93. The zero-order valence-corrected chi connectivity index (χ0v) is 17.7. The minimum Gasteiger partial charge on any atom is -0.308 e. The second-order valence-corrected chi connectivity index (χ2v) is 9.17. The summed E-state index contributed by atoms with van der Waals surface area (Å²) in [4.78, 5) is 16.4. The first-order chi connectivity index (χ1) is 14.4. The maximum Gasteiger partial charge on any atom is 0.323 e. The summed E-state index contributed by atoms with van der Waals surface area (Å²) in [5.74, 6) is 0. The maximum atomic E-state index is 12.4. The lowest BCUT2D eigenvalue weighted by molar-refractivity contribution is 0.262. The van der Waals surface area contributed by atoms with Gasteiger partial charge in [-0.05, 0) is 36.4 Å². The van der Waals surface area contributed by atoms with E-state index in [1.54, 1.807) is 17.5 Å². The van der Waals surface area contributed by atoms with Gasteiger partial charge in [0.25, 0.3) is 10.0 Å². The number of carbonyl (C=O) groups excluding carboxylic acids is 1. The van der Waals surface area contributed by atoms with E-state index in [4.69, 9.17) is 11.6 Å². The van der Waals surface area contributed by atoms with E-state index in [1.807, 2.05) is 24.3 Å². The van der Waals surface area contributed by atoms with Crippen LogP contribution in [0.1, 0.15) is 0 Å². The van der Waals surface area contributed by atoms with Crippen molar-refractivity contribution in [2.24, 2.45) is 0 Å². The zero-order valence-electron chi connectivity index (χ0n) is 15.3. The molecule has 152 valence electrons. The molecule has 1 aromatic heterocycles. The van der Waals surface area contributed by atoms with Crippen molar-refractivity contribution in [1.82, 2.24) is 4.98 Å². The number of benzene rings is 3. The van der Waals surface area contributed by atoms with Crippen LogP contribution in [0.4, 0.5) is 21.3 Å². The molecule has 4 aromatic rings. The number of urea groups is 1. The van der Waals surface area contributed by atoms with Crippen molar-refractivity contribution in [2.75, 3.05) is 15.4 Å². The first kappa shape index (κ1) is 20.1. The van der Waals surface area contributed by atoms with Gasteiger partial charge in [-0.25, -0.2) is 18.2 Å². The lowest BCUT2D eigenvalue weighted by Crippen LogP contribution is -2.19. The van der Waals surface area contributed by atoms with Gasteiger partial charge in [0.15, 0.2) is 5.13 Å². The van der Waals surface area contributed by atoms with Crippen LogP contribution < -0.4 is 15.4 Å². The van der Waals surface area contributed by atoms with E-state index in [0.29, 0.717) is 16.4 Å². The van der Waals surface area contributed by atoms with Crippen LogP contribution in [0.15, 0.2) is 77.1 Å². The number of thiazole rings is 1. The Balaban J connectivity index is 1.46. The molecule has 0 unspecified atom stereocenters. The smallest absolute Gasteiger partial charge is 0.308 e. The van der Waals surface area contributed by atoms with Gasteiger partial charge in [0.1, 0.15) is 0 Å². The number of halogens is 1. The monoisotopic (exact) mass is 458 g/mol. The van der Waals surface area contributed by atoms with Crippen molar-refractivity contribution in [2.45, 2.75) is 4.90 Å². The number of aromatic nitrogens is 1. The number of anilines is 3. The van der Waals surface area contributed by atoms with E-state index in [2.05, 4.69) is 20.3 Å². The fourth-order valence-electron chi connectivity index (χ4n) is 2.82. The van der Waals surface area contributed by atoms with Crippen molar-refractivity contribution < 1.29 is 13.2 Å². The third kappa shape index (κ3) is 4.38. The standard InChI is InChI=1S/C20H15ClN4O3S2/c21-17-9-10-18(16-4-2-1-3-15(16)17)24-19(26)23-13-5-7-14(8-6-13)30(27,28)25-20-22-11-12-29-20/h1-12H,(H,22,25)(H2,23,24,26). The molecule has 3 N–H and O–H groups in total. The highest BCUT2D eigenvalue weighted by atomic mass is 35.5.